The Bertz CT molecular complexity index is 353. The molecule has 1 atom stereocenters. The molecule has 1 unspecified atom stereocenters. The van der Waals surface area contributed by atoms with Gasteiger partial charge in [0.25, 0.3) is 0 Å². The van der Waals surface area contributed by atoms with Gasteiger partial charge in [0, 0.05) is 22.8 Å². The minimum Gasteiger partial charge on any atom is -0.480 e. The van der Waals surface area contributed by atoms with E-state index in [-0.39, 0.29) is 6.42 Å². The molecule has 2 N–H and O–H groups in total. The number of rotatable bonds is 5. The van der Waals surface area contributed by atoms with Crippen LogP contribution in [0.3, 0.4) is 0 Å². The molecule has 0 aliphatic rings. The van der Waals surface area contributed by atoms with E-state index in [1.807, 2.05) is 0 Å². The summed E-state index contributed by atoms with van der Waals surface area (Å²) < 4.78 is 0.821. The van der Waals surface area contributed by atoms with E-state index >= 15 is 0 Å². The maximum Gasteiger partial charge on any atom is 0.326 e. The number of halogens is 1. The molecule has 0 saturated carbocycles. The Balaban J connectivity index is 2.69. The van der Waals surface area contributed by atoms with Gasteiger partial charge in [0.15, 0.2) is 0 Å². The summed E-state index contributed by atoms with van der Waals surface area (Å²) in [4.78, 5) is 24.9. The van der Waals surface area contributed by atoms with Crippen molar-refractivity contribution in [2.45, 2.75) is 12.5 Å². The minimum atomic E-state index is -1.08. The lowest BCUT2D eigenvalue weighted by Gasteiger charge is -2.09. The molecule has 1 heterocycles. The molecule has 0 aliphatic heterocycles. The zero-order chi connectivity index (χ0) is 11.3. The summed E-state index contributed by atoms with van der Waals surface area (Å²) in [5.74, 6) is -1.08. The van der Waals surface area contributed by atoms with Gasteiger partial charge in [-0.05, 0) is 28.1 Å². The van der Waals surface area contributed by atoms with E-state index in [9.17, 15) is 9.59 Å². The van der Waals surface area contributed by atoms with Crippen molar-refractivity contribution >= 4 is 28.3 Å². The van der Waals surface area contributed by atoms with Crippen LogP contribution < -0.4 is 5.32 Å². The number of nitrogens with one attached hydrogen (secondary N) is 1. The lowest BCUT2D eigenvalue weighted by Crippen LogP contribution is -2.37. The Morgan fingerprint density at radius 3 is 2.87 bits per heavy atom. The van der Waals surface area contributed by atoms with E-state index < -0.39 is 12.0 Å². The molecule has 0 fully saturated rings. The molecule has 0 spiro atoms. The predicted octanol–water partition coefficient (Wildman–Crippen LogP) is 0.586. The summed E-state index contributed by atoms with van der Waals surface area (Å²) in [7, 11) is 0. The van der Waals surface area contributed by atoms with Gasteiger partial charge >= 0.3 is 5.97 Å². The molecule has 1 rings (SSSR count). The van der Waals surface area contributed by atoms with E-state index in [0.29, 0.717) is 12.1 Å². The number of carboxylic acid groups (broad SMARTS) is 1. The van der Waals surface area contributed by atoms with Crippen LogP contribution in [0.2, 0.25) is 0 Å². The first-order valence-corrected chi connectivity index (χ1v) is 4.95. The highest BCUT2D eigenvalue weighted by Crippen LogP contribution is 2.08. The van der Waals surface area contributed by atoms with E-state index in [4.69, 9.17) is 5.11 Å². The summed E-state index contributed by atoms with van der Waals surface area (Å²) >= 11 is 3.22. The zero-order valence-electron chi connectivity index (χ0n) is 7.68. The van der Waals surface area contributed by atoms with Gasteiger partial charge in [0.05, 0.1) is 0 Å². The number of hydrogen-bond acceptors (Lipinski definition) is 3. The maximum atomic E-state index is 10.7. The van der Waals surface area contributed by atoms with Crippen molar-refractivity contribution < 1.29 is 14.7 Å². The van der Waals surface area contributed by atoms with Crippen LogP contribution in [0.15, 0.2) is 22.8 Å². The largest absolute Gasteiger partial charge is 0.480 e. The topological polar surface area (TPSA) is 79.3 Å². The van der Waals surface area contributed by atoms with Crippen molar-refractivity contribution in [3.8, 4) is 0 Å². The van der Waals surface area contributed by atoms with Crippen molar-refractivity contribution in [1.82, 2.24) is 10.3 Å². The van der Waals surface area contributed by atoms with E-state index in [0.717, 1.165) is 4.47 Å². The average molecular weight is 273 g/mol. The maximum absolute atomic E-state index is 10.7. The van der Waals surface area contributed by atoms with Gasteiger partial charge in [-0.1, -0.05) is 0 Å². The molecule has 80 valence electrons. The smallest absolute Gasteiger partial charge is 0.326 e. The van der Waals surface area contributed by atoms with Gasteiger partial charge in [-0.3, -0.25) is 9.78 Å². The van der Waals surface area contributed by atoms with Gasteiger partial charge in [0.1, 0.15) is 6.04 Å². The van der Waals surface area contributed by atoms with Gasteiger partial charge < -0.3 is 10.4 Å². The number of carboxylic acids is 1. The molecule has 0 saturated heterocycles. The molecule has 0 aromatic carbocycles. The molecule has 1 aromatic rings. The normalized spacial score (nSPS) is 11.8. The summed E-state index contributed by atoms with van der Waals surface area (Å²) in [5, 5.41) is 11.0. The molecule has 5 nitrogen and oxygen atoms in total. The Morgan fingerprint density at radius 1 is 1.67 bits per heavy atom. The van der Waals surface area contributed by atoms with E-state index in [2.05, 4.69) is 26.2 Å². The van der Waals surface area contributed by atoms with Gasteiger partial charge in [0.2, 0.25) is 6.41 Å². The highest BCUT2D eigenvalue weighted by molar-refractivity contribution is 9.10. The van der Waals surface area contributed by atoms with E-state index in [1.165, 1.54) is 0 Å². The van der Waals surface area contributed by atoms with Crippen molar-refractivity contribution in [2.75, 3.05) is 0 Å². The number of nitrogens with zero attached hydrogens (tertiary/aromatic N) is 1. The second kappa shape index (κ2) is 5.45. The summed E-state index contributed by atoms with van der Waals surface area (Å²) in [6.45, 7) is 0. The third kappa shape index (κ3) is 3.67. The molecule has 1 aromatic heterocycles. The van der Waals surface area contributed by atoms with Gasteiger partial charge in [-0.2, -0.15) is 0 Å². The van der Waals surface area contributed by atoms with Crippen molar-refractivity contribution in [2.24, 2.45) is 0 Å². The van der Waals surface area contributed by atoms with Crippen molar-refractivity contribution in [1.29, 1.82) is 0 Å². The fourth-order valence-electron chi connectivity index (χ4n) is 1.04. The van der Waals surface area contributed by atoms with Crippen LogP contribution >= 0.6 is 15.9 Å². The van der Waals surface area contributed by atoms with Crippen LogP contribution in [0.4, 0.5) is 0 Å². The second-order valence-corrected chi connectivity index (χ2v) is 3.76. The number of hydrogen-bond donors (Lipinski definition) is 2. The molecular formula is C9H9BrN2O3. The lowest BCUT2D eigenvalue weighted by molar-refractivity contribution is -0.140. The molecule has 0 bridgehead atoms. The zero-order valence-corrected chi connectivity index (χ0v) is 9.27. The third-order valence-electron chi connectivity index (χ3n) is 1.77. The monoisotopic (exact) mass is 272 g/mol. The van der Waals surface area contributed by atoms with Crippen LogP contribution in [0.25, 0.3) is 0 Å². The first-order valence-electron chi connectivity index (χ1n) is 4.16. The minimum absolute atomic E-state index is 0.168. The molecule has 0 aliphatic carbocycles. The molecule has 0 radical (unpaired) electrons. The van der Waals surface area contributed by atoms with Gasteiger partial charge in [-0.25, -0.2) is 4.79 Å². The predicted molar refractivity (Wildman–Crippen MR) is 56.3 cm³/mol. The van der Waals surface area contributed by atoms with Crippen LogP contribution in [-0.4, -0.2) is 28.5 Å². The quantitative estimate of drug-likeness (QED) is 0.769. The molecule has 6 heteroatoms. The first kappa shape index (κ1) is 11.6. The summed E-state index contributed by atoms with van der Waals surface area (Å²) in [6.07, 6.45) is 2.12. The Kier molecular flexibility index (Phi) is 4.23. The third-order valence-corrected chi connectivity index (χ3v) is 2.24. The Morgan fingerprint density at radius 2 is 2.40 bits per heavy atom. The molecule has 15 heavy (non-hydrogen) atoms. The number of carbonyl (C=O) groups is 2. The second-order valence-electron chi connectivity index (χ2n) is 2.85. The lowest BCUT2D eigenvalue weighted by atomic mass is 10.1. The van der Waals surface area contributed by atoms with Gasteiger partial charge in [-0.15, -0.1) is 0 Å². The molecular weight excluding hydrogens is 264 g/mol. The summed E-state index contributed by atoms with van der Waals surface area (Å²) in [5.41, 5.74) is 0.611. The first-order chi connectivity index (χ1) is 7.13. The fraction of sp³-hybridized carbons (Fsp3) is 0.222. The highest BCUT2D eigenvalue weighted by Gasteiger charge is 2.17. The van der Waals surface area contributed by atoms with Crippen molar-refractivity contribution in [3.05, 3.63) is 28.5 Å². The number of amides is 1. The van der Waals surface area contributed by atoms with Crippen LogP contribution in [0.1, 0.15) is 5.69 Å². The van der Waals surface area contributed by atoms with Crippen LogP contribution in [-0.2, 0) is 16.0 Å². The van der Waals surface area contributed by atoms with Crippen LogP contribution in [0.5, 0.6) is 0 Å². The van der Waals surface area contributed by atoms with Crippen molar-refractivity contribution in [3.63, 3.8) is 0 Å². The molecule has 1 amide bonds. The highest BCUT2D eigenvalue weighted by atomic mass is 79.9. The van der Waals surface area contributed by atoms with E-state index in [1.54, 1.807) is 18.3 Å². The number of pyridine rings is 1. The number of aliphatic carboxylic acids is 1. The Labute approximate surface area is 94.6 Å². The average Bonchev–Trinajstić information content (AvgIpc) is 2.20. The summed E-state index contributed by atoms with van der Waals surface area (Å²) in [6, 6.07) is 2.53. The SMILES string of the molecule is O=CNC(Cc1ccc(Br)cn1)C(=O)O. The number of carbonyl (C=O) groups excluding carboxylic acids is 1. The standard InChI is InChI=1S/C9H9BrN2O3/c10-6-1-2-7(11-4-6)3-8(9(14)15)12-5-13/h1-2,4-5,8H,3H2,(H,12,13)(H,14,15). The van der Waals surface area contributed by atoms with Crippen LogP contribution in [0, 0.1) is 0 Å². The fourth-order valence-corrected chi connectivity index (χ4v) is 1.27. The number of aromatic nitrogens is 1. The Hall–Kier alpha value is -1.43.